The fourth-order valence-electron chi connectivity index (χ4n) is 1.95. The van der Waals surface area contributed by atoms with Crippen LogP contribution >= 0.6 is 0 Å². The highest BCUT2D eigenvalue weighted by atomic mass is 14.6. The molecule has 1 nitrogen and oxygen atoms in total. The van der Waals surface area contributed by atoms with Gasteiger partial charge < -0.3 is 5.73 Å². The second-order valence-corrected chi connectivity index (χ2v) is 4.63. The van der Waals surface area contributed by atoms with E-state index in [1.165, 1.54) is 30.4 Å². The van der Waals surface area contributed by atoms with E-state index in [9.17, 15) is 0 Å². The maximum absolute atomic E-state index is 5.81. The molecule has 0 aliphatic heterocycles. The van der Waals surface area contributed by atoms with Crippen LogP contribution in [0.2, 0.25) is 0 Å². The quantitative estimate of drug-likeness (QED) is 0.779. The van der Waals surface area contributed by atoms with E-state index in [0.29, 0.717) is 0 Å². The van der Waals surface area contributed by atoms with Crippen LogP contribution in [0.5, 0.6) is 0 Å². The van der Waals surface area contributed by atoms with Crippen molar-refractivity contribution in [3.05, 3.63) is 35.4 Å². The van der Waals surface area contributed by atoms with Gasteiger partial charge >= 0.3 is 0 Å². The molecule has 0 spiro atoms. The van der Waals surface area contributed by atoms with Gasteiger partial charge in [-0.2, -0.15) is 0 Å². The van der Waals surface area contributed by atoms with E-state index in [1.54, 1.807) is 0 Å². The standard InChI is InChI=1S/C14H23N/c1-4-5-11(2)10-13-6-8-14(9-7-13)12(3)15/h6-9,11-12H,4-5,10,15H2,1-3H3. The van der Waals surface area contributed by atoms with Crippen LogP contribution in [0.25, 0.3) is 0 Å². The lowest BCUT2D eigenvalue weighted by atomic mass is 9.96. The normalized spacial score (nSPS) is 14.9. The molecule has 0 fully saturated rings. The zero-order valence-electron chi connectivity index (χ0n) is 10.2. The molecular weight excluding hydrogens is 182 g/mol. The van der Waals surface area contributed by atoms with Gasteiger partial charge in [0, 0.05) is 6.04 Å². The summed E-state index contributed by atoms with van der Waals surface area (Å²) in [6.07, 6.45) is 3.78. The van der Waals surface area contributed by atoms with Crippen molar-refractivity contribution in [2.45, 2.75) is 46.1 Å². The van der Waals surface area contributed by atoms with Gasteiger partial charge in [-0.1, -0.05) is 51.0 Å². The van der Waals surface area contributed by atoms with E-state index >= 15 is 0 Å². The molecule has 0 aromatic heterocycles. The topological polar surface area (TPSA) is 26.0 Å². The largest absolute Gasteiger partial charge is 0.324 e. The van der Waals surface area contributed by atoms with Crippen LogP contribution in [0.15, 0.2) is 24.3 Å². The van der Waals surface area contributed by atoms with Crippen molar-refractivity contribution < 1.29 is 0 Å². The minimum Gasteiger partial charge on any atom is -0.324 e. The summed E-state index contributed by atoms with van der Waals surface area (Å²) in [4.78, 5) is 0. The van der Waals surface area contributed by atoms with E-state index < -0.39 is 0 Å². The van der Waals surface area contributed by atoms with Crippen LogP contribution < -0.4 is 5.73 Å². The Kier molecular flexibility index (Phi) is 4.83. The molecule has 0 heterocycles. The van der Waals surface area contributed by atoms with E-state index in [0.717, 1.165) is 5.92 Å². The highest BCUT2D eigenvalue weighted by Gasteiger charge is 2.03. The van der Waals surface area contributed by atoms with Gasteiger partial charge in [0.15, 0.2) is 0 Å². The third kappa shape index (κ3) is 4.05. The maximum atomic E-state index is 5.81. The molecule has 0 radical (unpaired) electrons. The summed E-state index contributed by atoms with van der Waals surface area (Å²) >= 11 is 0. The van der Waals surface area contributed by atoms with Gasteiger partial charge in [0.1, 0.15) is 0 Å². The first kappa shape index (κ1) is 12.3. The lowest BCUT2D eigenvalue weighted by Crippen LogP contribution is -2.05. The van der Waals surface area contributed by atoms with Gasteiger partial charge in [0.25, 0.3) is 0 Å². The summed E-state index contributed by atoms with van der Waals surface area (Å²) < 4.78 is 0. The molecule has 0 amide bonds. The van der Waals surface area contributed by atoms with Crippen molar-refractivity contribution in [2.75, 3.05) is 0 Å². The predicted molar refractivity (Wildman–Crippen MR) is 66.8 cm³/mol. The molecule has 2 atom stereocenters. The lowest BCUT2D eigenvalue weighted by molar-refractivity contribution is 0.522. The Balaban J connectivity index is 2.56. The maximum Gasteiger partial charge on any atom is 0.0266 e. The first-order chi connectivity index (χ1) is 7.13. The van der Waals surface area contributed by atoms with Gasteiger partial charge in [0.05, 0.1) is 0 Å². The van der Waals surface area contributed by atoms with Crippen molar-refractivity contribution >= 4 is 0 Å². The van der Waals surface area contributed by atoms with Crippen LogP contribution in [0.3, 0.4) is 0 Å². The smallest absolute Gasteiger partial charge is 0.0266 e. The molecule has 15 heavy (non-hydrogen) atoms. The molecule has 1 aromatic carbocycles. The molecule has 0 aliphatic carbocycles. The van der Waals surface area contributed by atoms with Crippen molar-refractivity contribution in [1.82, 2.24) is 0 Å². The fraction of sp³-hybridized carbons (Fsp3) is 0.571. The Morgan fingerprint density at radius 3 is 2.20 bits per heavy atom. The molecule has 2 unspecified atom stereocenters. The number of benzene rings is 1. The van der Waals surface area contributed by atoms with Crippen LogP contribution in [0, 0.1) is 5.92 Å². The fourth-order valence-corrected chi connectivity index (χ4v) is 1.95. The molecule has 0 aliphatic rings. The zero-order valence-corrected chi connectivity index (χ0v) is 10.2. The highest BCUT2D eigenvalue weighted by molar-refractivity contribution is 5.24. The van der Waals surface area contributed by atoms with E-state index in [2.05, 4.69) is 38.1 Å². The molecule has 0 saturated heterocycles. The summed E-state index contributed by atoms with van der Waals surface area (Å²) in [7, 11) is 0. The van der Waals surface area contributed by atoms with Crippen molar-refractivity contribution in [3.8, 4) is 0 Å². The molecule has 1 rings (SSSR count). The Bertz CT molecular complexity index is 274. The summed E-state index contributed by atoms with van der Waals surface area (Å²) in [5.74, 6) is 0.788. The van der Waals surface area contributed by atoms with Gasteiger partial charge in [-0.3, -0.25) is 0 Å². The van der Waals surface area contributed by atoms with Gasteiger partial charge in [-0.25, -0.2) is 0 Å². The second kappa shape index (κ2) is 5.92. The average Bonchev–Trinajstić information content (AvgIpc) is 2.18. The summed E-state index contributed by atoms with van der Waals surface area (Å²) in [5, 5.41) is 0. The molecule has 84 valence electrons. The number of hydrogen-bond donors (Lipinski definition) is 1. The predicted octanol–water partition coefficient (Wildman–Crippen LogP) is 3.69. The summed E-state index contributed by atoms with van der Waals surface area (Å²) in [6.45, 7) is 6.59. The van der Waals surface area contributed by atoms with Gasteiger partial charge in [0.2, 0.25) is 0 Å². The Morgan fingerprint density at radius 1 is 1.13 bits per heavy atom. The third-order valence-corrected chi connectivity index (χ3v) is 2.87. The second-order valence-electron chi connectivity index (χ2n) is 4.63. The van der Waals surface area contributed by atoms with E-state index in [-0.39, 0.29) is 6.04 Å². The molecule has 1 aromatic rings. The van der Waals surface area contributed by atoms with Crippen molar-refractivity contribution in [1.29, 1.82) is 0 Å². The first-order valence-corrected chi connectivity index (χ1v) is 5.98. The SMILES string of the molecule is CCCC(C)Cc1ccc(C(C)N)cc1. The van der Waals surface area contributed by atoms with Gasteiger partial charge in [-0.05, 0) is 30.4 Å². The number of hydrogen-bond acceptors (Lipinski definition) is 1. The van der Waals surface area contributed by atoms with Crippen molar-refractivity contribution in [2.24, 2.45) is 11.7 Å². The number of nitrogens with two attached hydrogens (primary N) is 1. The molecule has 0 saturated carbocycles. The van der Waals surface area contributed by atoms with Gasteiger partial charge in [-0.15, -0.1) is 0 Å². The Hall–Kier alpha value is -0.820. The minimum absolute atomic E-state index is 0.145. The lowest BCUT2D eigenvalue weighted by Gasteiger charge is -2.11. The highest BCUT2D eigenvalue weighted by Crippen LogP contribution is 2.16. The van der Waals surface area contributed by atoms with Crippen LogP contribution in [-0.4, -0.2) is 0 Å². The average molecular weight is 205 g/mol. The van der Waals surface area contributed by atoms with Crippen molar-refractivity contribution in [3.63, 3.8) is 0 Å². The molecule has 1 heteroatoms. The molecular formula is C14H23N. The van der Waals surface area contributed by atoms with E-state index in [4.69, 9.17) is 5.73 Å². The molecule has 0 bridgehead atoms. The Labute approximate surface area is 93.7 Å². The van der Waals surface area contributed by atoms with Crippen LogP contribution in [0.1, 0.15) is 50.8 Å². The Morgan fingerprint density at radius 2 is 1.73 bits per heavy atom. The summed E-state index contributed by atoms with van der Waals surface area (Å²) in [5.41, 5.74) is 8.47. The van der Waals surface area contributed by atoms with E-state index in [1.807, 2.05) is 6.92 Å². The monoisotopic (exact) mass is 205 g/mol. The molecule has 2 N–H and O–H groups in total. The van der Waals surface area contributed by atoms with Crippen LogP contribution in [0.4, 0.5) is 0 Å². The zero-order chi connectivity index (χ0) is 11.3. The number of rotatable bonds is 5. The van der Waals surface area contributed by atoms with Crippen LogP contribution in [-0.2, 0) is 6.42 Å². The third-order valence-electron chi connectivity index (χ3n) is 2.87. The minimum atomic E-state index is 0.145. The first-order valence-electron chi connectivity index (χ1n) is 5.98. The summed E-state index contributed by atoms with van der Waals surface area (Å²) in [6, 6.07) is 8.87.